The van der Waals surface area contributed by atoms with Crippen molar-refractivity contribution < 1.29 is 9.72 Å². The lowest BCUT2D eigenvalue weighted by Gasteiger charge is -2.04. The molecule has 80 valence electrons. The van der Waals surface area contributed by atoms with E-state index in [1.165, 1.54) is 12.1 Å². The predicted molar refractivity (Wildman–Crippen MR) is 63.7 cm³/mol. The molecule has 0 fully saturated rings. The maximum atomic E-state index is 11.4. The standard InChI is InChI=1S/C9H7Br2NO3/c1-5-2-8(12(14)15)7(11)3-6(5)9(13)4-10/h2-3H,4H2,1H3. The fourth-order valence-corrected chi connectivity index (χ4v) is 1.97. The second kappa shape index (κ2) is 4.85. The summed E-state index contributed by atoms with van der Waals surface area (Å²) in [4.78, 5) is 21.5. The molecular weight excluding hydrogens is 330 g/mol. The van der Waals surface area contributed by atoms with Gasteiger partial charge in [-0.2, -0.15) is 0 Å². The van der Waals surface area contributed by atoms with E-state index in [1.54, 1.807) is 6.92 Å². The van der Waals surface area contributed by atoms with Gasteiger partial charge in [0, 0.05) is 11.6 Å². The molecule has 0 aromatic heterocycles. The van der Waals surface area contributed by atoms with Gasteiger partial charge in [0.05, 0.1) is 14.7 Å². The monoisotopic (exact) mass is 335 g/mol. The maximum Gasteiger partial charge on any atom is 0.283 e. The molecule has 0 atom stereocenters. The van der Waals surface area contributed by atoms with Gasteiger partial charge >= 0.3 is 0 Å². The average molecular weight is 337 g/mol. The molecule has 15 heavy (non-hydrogen) atoms. The molecular formula is C9H7Br2NO3. The number of carbonyl (C=O) groups is 1. The summed E-state index contributed by atoms with van der Waals surface area (Å²) < 4.78 is 0.322. The van der Waals surface area contributed by atoms with Crippen LogP contribution in [0.1, 0.15) is 15.9 Å². The van der Waals surface area contributed by atoms with Crippen LogP contribution in [0.4, 0.5) is 5.69 Å². The van der Waals surface area contributed by atoms with Crippen LogP contribution >= 0.6 is 31.9 Å². The summed E-state index contributed by atoms with van der Waals surface area (Å²) in [6.45, 7) is 1.68. The van der Waals surface area contributed by atoms with E-state index >= 15 is 0 Å². The Morgan fingerprint density at radius 3 is 2.60 bits per heavy atom. The van der Waals surface area contributed by atoms with Gasteiger partial charge in [-0.1, -0.05) is 15.9 Å². The van der Waals surface area contributed by atoms with E-state index in [1.807, 2.05) is 0 Å². The molecule has 1 rings (SSSR count). The van der Waals surface area contributed by atoms with E-state index in [0.717, 1.165) is 0 Å². The molecule has 0 spiro atoms. The lowest BCUT2D eigenvalue weighted by atomic mass is 10.1. The first-order valence-electron chi connectivity index (χ1n) is 4.01. The Morgan fingerprint density at radius 1 is 1.53 bits per heavy atom. The van der Waals surface area contributed by atoms with Gasteiger partial charge in [0.15, 0.2) is 5.78 Å². The molecule has 4 nitrogen and oxygen atoms in total. The van der Waals surface area contributed by atoms with E-state index < -0.39 is 4.92 Å². The quantitative estimate of drug-likeness (QED) is 0.368. The fourth-order valence-electron chi connectivity index (χ4n) is 1.18. The summed E-state index contributed by atoms with van der Waals surface area (Å²) in [6, 6.07) is 2.87. The fraction of sp³-hybridized carbons (Fsp3) is 0.222. The van der Waals surface area contributed by atoms with Gasteiger partial charge < -0.3 is 0 Å². The minimum atomic E-state index is -0.487. The number of halogens is 2. The molecule has 0 radical (unpaired) electrons. The number of alkyl halides is 1. The van der Waals surface area contributed by atoms with Crippen LogP contribution in [0.25, 0.3) is 0 Å². The normalized spacial score (nSPS) is 10.1. The third-order valence-electron chi connectivity index (χ3n) is 1.91. The Hall–Kier alpha value is -0.750. The first kappa shape index (κ1) is 12.3. The molecule has 0 aliphatic carbocycles. The minimum absolute atomic E-state index is 0.0291. The van der Waals surface area contributed by atoms with Crippen molar-refractivity contribution in [1.29, 1.82) is 0 Å². The highest BCUT2D eigenvalue weighted by molar-refractivity contribution is 9.10. The van der Waals surface area contributed by atoms with Crippen molar-refractivity contribution in [3.8, 4) is 0 Å². The number of benzene rings is 1. The van der Waals surface area contributed by atoms with Gasteiger partial charge in [-0.15, -0.1) is 0 Å². The van der Waals surface area contributed by atoms with Crippen molar-refractivity contribution in [3.05, 3.63) is 37.8 Å². The molecule has 0 heterocycles. The zero-order chi connectivity index (χ0) is 11.6. The molecule has 0 bridgehead atoms. The summed E-state index contributed by atoms with van der Waals surface area (Å²) in [5.41, 5.74) is 1.07. The number of carbonyl (C=O) groups excluding carboxylic acids is 1. The van der Waals surface area contributed by atoms with Crippen LogP contribution in [0.3, 0.4) is 0 Å². The van der Waals surface area contributed by atoms with Gasteiger partial charge in [0.2, 0.25) is 0 Å². The Morgan fingerprint density at radius 2 is 2.13 bits per heavy atom. The molecule has 0 N–H and O–H groups in total. The molecule has 0 saturated heterocycles. The van der Waals surface area contributed by atoms with Crippen LogP contribution in [-0.4, -0.2) is 16.0 Å². The number of Topliss-reactive ketones (excluding diaryl/α,β-unsaturated/α-hetero) is 1. The average Bonchev–Trinajstić information content (AvgIpc) is 2.19. The van der Waals surface area contributed by atoms with Gasteiger partial charge in [0.25, 0.3) is 5.69 Å². The first-order valence-corrected chi connectivity index (χ1v) is 5.92. The lowest BCUT2D eigenvalue weighted by Crippen LogP contribution is -2.04. The van der Waals surface area contributed by atoms with Crippen LogP contribution in [0.15, 0.2) is 16.6 Å². The minimum Gasteiger partial charge on any atom is -0.293 e. The maximum absolute atomic E-state index is 11.4. The number of hydrogen-bond donors (Lipinski definition) is 0. The van der Waals surface area contributed by atoms with Crippen LogP contribution in [0.2, 0.25) is 0 Å². The Balaban J connectivity index is 3.31. The van der Waals surface area contributed by atoms with Gasteiger partial charge in [0.1, 0.15) is 0 Å². The Bertz CT molecular complexity index is 432. The molecule has 6 heteroatoms. The topological polar surface area (TPSA) is 60.2 Å². The Labute approximate surface area is 103 Å². The highest BCUT2D eigenvalue weighted by atomic mass is 79.9. The van der Waals surface area contributed by atoms with Crippen molar-refractivity contribution in [1.82, 2.24) is 0 Å². The van der Waals surface area contributed by atoms with Crippen molar-refractivity contribution in [2.75, 3.05) is 5.33 Å². The van der Waals surface area contributed by atoms with Crippen LogP contribution in [-0.2, 0) is 0 Å². The van der Waals surface area contributed by atoms with Crippen LogP contribution < -0.4 is 0 Å². The highest BCUT2D eigenvalue weighted by Gasteiger charge is 2.17. The van der Waals surface area contributed by atoms with Crippen molar-refractivity contribution in [2.45, 2.75) is 6.92 Å². The second-order valence-corrected chi connectivity index (χ2v) is 4.35. The van der Waals surface area contributed by atoms with Gasteiger partial charge in [-0.3, -0.25) is 14.9 Å². The number of ketones is 1. The van der Waals surface area contributed by atoms with E-state index in [4.69, 9.17) is 0 Å². The molecule has 0 aliphatic rings. The number of nitrogens with zero attached hydrogens (tertiary/aromatic N) is 1. The zero-order valence-electron chi connectivity index (χ0n) is 7.79. The van der Waals surface area contributed by atoms with Crippen LogP contribution in [0, 0.1) is 17.0 Å². The second-order valence-electron chi connectivity index (χ2n) is 2.93. The largest absolute Gasteiger partial charge is 0.293 e. The van der Waals surface area contributed by atoms with E-state index in [2.05, 4.69) is 31.9 Å². The molecule has 0 saturated carbocycles. The number of nitro groups is 1. The molecule has 0 unspecified atom stereocenters. The molecule has 1 aromatic rings. The Kier molecular flexibility index (Phi) is 3.98. The number of rotatable bonds is 3. The number of nitro benzene ring substituents is 1. The number of aryl methyl sites for hydroxylation is 1. The van der Waals surface area contributed by atoms with Crippen LogP contribution in [0.5, 0.6) is 0 Å². The SMILES string of the molecule is Cc1cc([N+](=O)[O-])c(Br)cc1C(=O)CBr. The lowest BCUT2D eigenvalue weighted by molar-refractivity contribution is -0.385. The third-order valence-corrected chi connectivity index (χ3v) is 3.06. The van der Waals surface area contributed by atoms with E-state index in [9.17, 15) is 14.9 Å². The number of hydrogen-bond acceptors (Lipinski definition) is 3. The summed E-state index contributed by atoms with van der Waals surface area (Å²) in [7, 11) is 0. The predicted octanol–water partition coefficient (Wildman–Crippen LogP) is 3.24. The van der Waals surface area contributed by atoms with Crippen molar-refractivity contribution >= 4 is 43.3 Å². The van der Waals surface area contributed by atoms with Crippen molar-refractivity contribution in [2.24, 2.45) is 0 Å². The van der Waals surface area contributed by atoms with Crippen molar-refractivity contribution in [3.63, 3.8) is 0 Å². The van der Waals surface area contributed by atoms with Gasteiger partial charge in [-0.05, 0) is 34.5 Å². The summed E-state index contributed by atoms with van der Waals surface area (Å²) in [6.07, 6.45) is 0. The van der Waals surface area contributed by atoms with Gasteiger partial charge in [-0.25, -0.2) is 0 Å². The third kappa shape index (κ3) is 2.63. The zero-order valence-corrected chi connectivity index (χ0v) is 11.0. The smallest absolute Gasteiger partial charge is 0.283 e. The molecule has 1 aromatic carbocycles. The first-order chi connectivity index (χ1) is 6.97. The highest BCUT2D eigenvalue weighted by Crippen LogP contribution is 2.28. The van der Waals surface area contributed by atoms with E-state index in [0.29, 0.717) is 15.6 Å². The van der Waals surface area contributed by atoms with E-state index in [-0.39, 0.29) is 16.8 Å². The molecule has 0 amide bonds. The summed E-state index contributed by atoms with van der Waals surface area (Å²) in [5.74, 6) is -0.0944. The summed E-state index contributed by atoms with van der Waals surface area (Å²) >= 11 is 6.13. The molecule has 0 aliphatic heterocycles. The summed E-state index contributed by atoms with van der Waals surface area (Å²) in [5, 5.41) is 10.8.